The molecule has 0 spiro atoms. The van der Waals surface area contributed by atoms with Gasteiger partial charge < -0.3 is 80.5 Å². The highest BCUT2D eigenvalue weighted by molar-refractivity contribution is 5.80. The number of carboxylic acids is 1. The third-order valence-electron chi connectivity index (χ3n) is 8.02. The van der Waals surface area contributed by atoms with Crippen molar-refractivity contribution in [2.75, 3.05) is 26.9 Å². The number of amides is 2. The van der Waals surface area contributed by atoms with E-state index in [-0.39, 0.29) is 0 Å². The van der Waals surface area contributed by atoms with Crippen LogP contribution in [0.2, 0.25) is 0 Å². The number of hydrogen-bond acceptors (Lipinski definition) is 16. The smallest absolute Gasteiger partial charge is 0.303 e. The van der Waals surface area contributed by atoms with Crippen LogP contribution in [0.3, 0.4) is 0 Å². The largest absolute Gasteiger partial charge is 0.481 e. The summed E-state index contributed by atoms with van der Waals surface area (Å²) in [5.74, 6) is -2.46. The summed E-state index contributed by atoms with van der Waals surface area (Å²) >= 11 is 0. The fraction of sp³-hybridized carbons (Fsp3) is 0.885. The van der Waals surface area contributed by atoms with Gasteiger partial charge in [0.1, 0.15) is 61.0 Å². The average molecular weight is 656 g/mol. The van der Waals surface area contributed by atoms with Crippen molar-refractivity contribution in [2.45, 2.75) is 118 Å². The fourth-order valence-corrected chi connectivity index (χ4v) is 5.69. The summed E-state index contributed by atoms with van der Waals surface area (Å²) in [4.78, 5) is 35.1. The van der Waals surface area contributed by atoms with Gasteiger partial charge in [0.25, 0.3) is 0 Å². The van der Waals surface area contributed by atoms with Crippen LogP contribution in [0.4, 0.5) is 0 Å². The number of aliphatic hydroxyl groups is 6. The Morgan fingerprint density at radius 1 is 0.756 bits per heavy atom. The van der Waals surface area contributed by atoms with E-state index in [4.69, 9.17) is 39.3 Å². The third kappa shape index (κ3) is 8.83. The van der Waals surface area contributed by atoms with Gasteiger partial charge in [0.05, 0.1) is 44.4 Å². The van der Waals surface area contributed by atoms with Crippen molar-refractivity contribution in [3.63, 3.8) is 0 Å². The molecule has 3 saturated heterocycles. The first kappa shape index (κ1) is 37.3. The quantitative estimate of drug-likeness (QED) is 0.0884. The molecule has 11 N–H and O–H groups in total. The van der Waals surface area contributed by atoms with Crippen LogP contribution in [0.1, 0.15) is 26.7 Å². The van der Waals surface area contributed by atoms with E-state index in [1.54, 1.807) is 6.92 Å². The molecular weight excluding hydrogens is 610 g/mol. The van der Waals surface area contributed by atoms with Crippen molar-refractivity contribution >= 4 is 17.8 Å². The Hall–Kier alpha value is -2.11. The summed E-state index contributed by atoms with van der Waals surface area (Å²) in [5.41, 5.74) is 6.24. The lowest BCUT2D eigenvalue weighted by Crippen LogP contribution is -2.70. The van der Waals surface area contributed by atoms with E-state index in [2.05, 4.69) is 10.6 Å². The van der Waals surface area contributed by atoms with Crippen LogP contribution in [0, 0.1) is 0 Å². The number of rotatable bonds is 13. The molecular formula is C26H45N3O16. The summed E-state index contributed by atoms with van der Waals surface area (Å²) in [6.07, 6.45) is -16.9. The molecule has 3 aliphatic heterocycles. The molecule has 3 heterocycles. The molecule has 3 rings (SSSR count). The highest BCUT2D eigenvalue weighted by atomic mass is 16.7. The Kier molecular flexibility index (Phi) is 13.8. The number of carbonyl (C=O) groups is 3. The number of carbonyl (C=O) groups excluding carboxylic acids is 2. The molecule has 0 radical (unpaired) electrons. The first-order valence-corrected chi connectivity index (χ1v) is 14.5. The molecule has 260 valence electrons. The minimum Gasteiger partial charge on any atom is -0.481 e. The maximum absolute atomic E-state index is 12.5. The summed E-state index contributed by atoms with van der Waals surface area (Å²) < 4.78 is 34.3. The molecule has 3 aliphatic rings. The van der Waals surface area contributed by atoms with E-state index >= 15 is 0 Å². The SMILES string of the molecule is COC1C(CO)OC(OC2C(CO)OC(OC3C(CO)OC(C)C(NC(C)=O)C3O)C(N)C2O)C(NC(=O)CCC(=O)O)C1O. The summed E-state index contributed by atoms with van der Waals surface area (Å²) in [6.45, 7) is 0.820. The van der Waals surface area contributed by atoms with E-state index in [1.807, 2.05) is 0 Å². The molecule has 19 heteroatoms. The van der Waals surface area contributed by atoms with Crippen molar-refractivity contribution in [1.82, 2.24) is 10.6 Å². The minimum atomic E-state index is -1.67. The van der Waals surface area contributed by atoms with Gasteiger partial charge in [-0.15, -0.1) is 0 Å². The van der Waals surface area contributed by atoms with Gasteiger partial charge in [-0.1, -0.05) is 0 Å². The molecule has 3 fully saturated rings. The van der Waals surface area contributed by atoms with E-state index < -0.39 is 142 Å². The molecule has 0 saturated carbocycles. The van der Waals surface area contributed by atoms with E-state index in [1.165, 1.54) is 14.0 Å². The van der Waals surface area contributed by atoms with Crippen LogP contribution in [0.25, 0.3) is 0 Å². The van der Waals surface area contributed by atoms with Crippen molar-refractivity contribution < 1.29 is 78.6 Å². The lowest BCUT2D eigenvalue weighted by atomic mass is 9.92. The predicted octanol–water partition coefficient (Wildman–Crippen LogP) is -5.75. The van der Waals surface area contributed by atoms with Gasteiger partial charge in [-0.25, -0.2) is 0 Å². The zero-order valence-corrected chi connectivity index (χ0v) is 25.1. The van der Waals surface area contributed by atoms with Gasteiger partial charge in [0, 0.05) is 20.5 Å². The Morgan fingerprint density at radius 3 is 1.82 bits per heavy atom. The number of hydrogen-bond donors (Lipinski definition) is 10. The van der Waals surface area contributed by atoms with E-state index in [0.29, 0.717) is 0 Å². The van der Waals surface area contributed by atoms with Crippen LogP contribution < -0.4 is 16.4 Å². The van der Waals surface area contributed by atoms with Gasteiger partial charge in [-0.05, 0) is 6.92 Å². The molecule has 0 aromatic heterocycles. The summed E-state index contributed by atoms with van der Waals surface area (Å²) in [6, 6.07) is -3.75. The molecule has 19 nitrogen and oxygen atoms in total. The second-order valence-corrected chi connectivity index (χ2v) is 11.2. The number of methoxy groups -OCH3 is 1. The summed E-state index contributed by atoms with van der Waals surface area (Å²) in [7, 11) is 1.23. The van der Waals surface area contributed by atoms with Crippen molar-refractivity contribution in [3.8, 4) is 0 Å². The maximum atomic E-state index is 12.5. The average Bonchev–Trinajstić information content (AvgIpc) is 2.99. The van der Waals surface area contributed by atoms with E-state index in [0.717, 1.165) is 0 Å². The van der Waals surface area contributed by atoms with Crippen LogP contribution in [0.15, 0.2) is 0 Å². The van der Waals surface area contributed by atoms with Gasteiger partial charge in [-0.2, -0.15) is 0 Å². The number of aliphatic carboxylic acids is 1. The molecule has 2 amide bonds. The van der Waals surface area contributed by atoms with Crippen LogP contribution >= 0.6 is 0 Å². The zero-order valence-electron chi connectivity index (χ0n) is 25.1. The maximum Gasteiger partial charge on any atom is 0.303 e. The first-order chi connectivity index (χ1) is 21.3. The number of nitrogens with two attached hydrogens (primary N) is 1. The highest BCUT2D eigenvalue weighted by Crippen LogP contribution is 2.32. The highest BCUT2D eigenvalue weighted by Gasteiger charge is 2.53. The first-order valence-electron chi connectivity index (χ1n) is 14.5. The van der Waals surface area contributed by atoms with Crippen LogP contribution in [-0.2, 0) is 42.8 Å². The second-order valence-electron chi connectivity index (χ2n) is 11.2. The Bertz CT molecular complexity index is 992. The molecule has 0 aliphatic carbocycles. The monoisotopic (exact) mass is 655 g/mol. The third-order valence-corrected chi connectivity index (χ3v) is 8.02. The summed E-state index contributed by atoms with van der Waals surface area (Å²) in [5, 5.41) is 77.0. The lowest BCUT2D eigenvalue weighted by molar-refractivity contribution is -0.345. The van der Waals surface area contributed by atoms with Gasteiger partial charge in [0.15, 0.2) is 12.6 Å². The van der Waals surface area contributed by atoms with Crippen LogP contribution in [-0.4, -0.2) is 172 Å². The van der Waals surface area contributed by atoms with Crippen molar-refractivity contribution in [1.29, 1.82) is 0 Å². The van der Waals surface area contributed by atoms with Gasteiger partial charge in [-0.3, -0.25) is 14.4 Å². The van der Waals surface area contributed by atoms with Gasteiger partial charge >= 0.3 is 5.97 Å². The van der Waals surface area contributed by atoms with Crippen molar-refractivity contribution in [3.05, 3.63) is 0 Å². The lowest BCUT2D eigenvalue weighted by Gasteiger charge is -2.49. The van der Waals surface area contributed by atoms with Gasteiger partial charge in [0.2, 0.25) is 11.8 Å². The predicted molar refractivity (Wildman–Crippen MR) is 146 cm³/mol. The Balaban J connectivity index is 1.80. The normalized spacial score (nSPS) is 42.1. The number of aliphatic hydroxyl groups excluding tert-OH is 6. The molecule has 15 atom stereocenters. The van der Waals surface area contributed by atoms with Crippen molar-refractivity contribution in [2.24, 2.45) is 5.73 Å². The van der Waals surface area contributed by atoms with Crippen LogP contribution in [0.5, 0.6) is 0 Å². The molecule has 0 aromatic rings. The minimum absolute atomic E-state index is 0.447. The number of carboxylic acid groups (broad SMARTS) is 1. The van der Waals surface area contributed by atoms with E-state index in [9.17, 15) is 45.0 Å². The Labute approximate surface area is 258 Å². The number of ether oxygens (including phenoxy) is 6. The molecule has 0 bridgehead atoms. The fourth-order valence-electron chi connectivity index (χ4n) is 5.69. The topological polar surface area (TPSA) is 298 Å². The zero-order chi connectivity index (χ0) is 33.6. The number of nitrogens with one attached hydrogen (secondary N) is 2. The standard InChI is InChI=1S/C26H45N3O16/c1-9-17(28-10(2)33)20(38)24(12(7-31)41-9)44-25-16(27)19(37)23(13(8-32)42-25)45-26-18(29-14(34)4-5-15(35)36)21(39)22(40-3)11(6-30)43-26/h9,11-13,16-26,30-32,37-39H,4-8,27H2,1-3H3,(H,28,33)(H,29,34)(H,35,36). The molecule has 15 unspecified atom stereocenters. The second kappa shape index (κ2) is 16.6. The Morgan fingerprint density at radius 2 is 1.27 bits per heavy atom. The molecule has 0 aromatic carbocycles. The molecule has 45 heavy (non-hydrogen) atoms.